The Balaban J connectivity index is 2.09. The molecule has 0 unspecified atom stereocenters. The molecule has 0 atom stereocenters. The summed E-state index contributed by atoms with van der Waals surface area (Å²) in [5, 5.41) is 7.48. The van der Waals surface area contributed by atoms with Crippen LogP contribution in [0.15, 0.2) is 30.3 Å². The SMILES string of the molecule is CCn1nc(C(C)C)cc1C(=O)NCc1cccc(N(C)C)c1. The largest absolute Gasteiger partial charge is 0.378 e. The molecular formula is C18H26N4O. The Morgan fingerprint density at radius 3 is 2.65 bits per heavy atom. The molecular weight excluding hydrogens is 288 g/mol. The molecule has 23 heavy (non-hydrogen) atoms. The summed E-state index contributed by atoms with van der Waals surface area (Å²) in [6, 6.07) is 10.0. The standard InChI is InChI=1S/C18H26N4O/c1-6-22-17(11-16(20-22)13(2)3)18(23)19-12-14-8-7-9-15(10-14)21(4)5/h7-11,13H,6,12H2,1-5H3,(H,19,23). The van der Waals surface area contributed by atoms with E-state index in [4.69, 9.17) is 0 Å². The van der Waals surface area contributed by atoms with Gasteiger partial charge in [0.05, 0.1) is 5.69 Å². The molecule has 0 spiro atoms. The third-order valence-corrected chi connectivity index (χ3v) is 3.80. The highest BCUT2D eigenvalue weighted by Gasteiger charge is 2.15. The number of hydrogen-bond acceptors (Lipinski definition) is 3. The maximum atomic E-state index is 12.5. The van der Waals surface area contributed by atoms with E-state index < -0.39 is 0 Å². The first kappa shape index (κ1) is 17.1. The van der Waals surface area contributed by atoms with Crippen LogP contribution in [-0.4, -0.2) is 29.8 Å². The predicted molar refractivity (Wildman–Crippen MR) is 93.9 cm³/mol. The van der Waals surface area contributed by atoms with Crippen LogP contribution in [0, 0.1) is 0 Å². The van der Waals surface area contributed by atoms with Crippen LogP contribution < -0.4 is 10.2 Å². The van der Waals surface area contributed by atoms with Crippen LogP contribution in [0.4, 0.5) is 5.69 Å². The summed E-state index contributed by atoms with van der Waals surface area (Å²) in [4.78, 5) is 14.5. The molecule has 1 aromatic carbocycles. The zero-order valence-corrected chi connectivity index (χ0v) is 14.6. The van der Waals surface area contributed by atoms with E-state index in [1.54, 1.807) is 4.68 Å². The molecule has 2 aromatic rings. The number of nitrogens with zero attached hydrogens (tertiary/aromatic N) is 3. The summed E-state index contributed by atoms with van der Waals surface area (Å²) >= 11 is 0. The molecule has 0 aliphatic rings. The second-order valence-corrected chi connectivity index (χ2v) is 6.17. The van der Waals surface area contributed by atoms with Gasteiger partial charge in [-0.2, -0.15) is 5.10 Å². The fourth-order valence-corrected chi connectivity index (χ4v) is 2.36. The summed E-state index contributed by atoms with van der Waals surface area (Å²) in [6.07, 6.45) is 0. The van der Waals surface area contributed by atoms with Crippen LogP contribution in [0.2, 0.25) is 0 Å². The lowest BCUT2D eigenvalue weighted by Crippen LogP contribution is -2.25. The van der Waals surface area contributed by atoms with Crippen molar-refractivity contribution >= 4 is 11.6 Å². The van der Waals surface area contributed by atoms with E-state index in [9.17, 15) is 4.79 Å². The number of amides is 1. The van der Waals surface area contributed by atoms with Crippen molar-refractivity contribution in [1.82, 2.24) is 15.1 Å². The van der Waals surface area contributed by atoms with Gasteiger partial charge in [0.25, 0.3) is 5.91 Å². The molecule has 0 fully saturated rings. The molecule has 124 valence electrons. The topological polar surface area (TPSA) is 50.2 Å². The zero-order valence-electron chi connectivity index (χ0n) is 14.6. The highest BCUT2D eigenvalue weighted by molar-refractivity contribution is 5.92. The lowest BCUT2D eigenvalue weighted by Gasteiger charge is -2.14. The van der Waals surface area contributed by atoms with Gasteiger partial charge < -0.3 is 10.2 Å². The molecule has 5 heteroatoms. The van der Waals surface area contributed by atoms with Gasteiger partial charge in [-0.25, -0.2) is 0 Å². The first-order valence-electron chi connectivity index (χ1n) is 8.04. The lowest BCUT2D eigenvalue weighted by molar-refractivity contribution is 0.0940. The van der Waals surface area contributed by atoms with Crippen LogP contribution in [0.25, 0.3) is 0 Å². The van der Waals surface area contributed by atoms with Crippen molar-refractivity contribution in [2.45, 2.75) is 39.8 Å². The van der Waals surface area contributed by atoms with Crippen molar-refractivity contribution in [3.05, 3.63) is 47.3 Å². The van der Waals surface area contributed by atoms with Crippen molar-refractivity contribution in [3.8, 4) is 0 Å². The van der Waals surface area contributed by atoms with Crippen molar-refractivity contribution in [3.63, 3.8) is 0 Å². The molecule has 0 radical (unpaired) electrons. The highest BCUT2D eigenvalue weighted by Crippen LogP contribution is 2.16. The summed E-state index contributed by atoms with van der Waals surface area (Å²) in [5.41, 5.74) is 3.78. The van der Waals surface area contributed by atoms with Gasteiger partial charge in [-0.15, -0.1) is 0 Å². The molecule has 2 rings (SSSR count). The molecule has 0 saturated heterocycles. The third kappa shape index (κ3) is 4.12. The van der Waals surface area contributed by atoms with Gasteiger partial charge in [0, 0.05) is 32.9 Å². The second-order valence-electron chi connectivity index (χ2n) is 6.17. The minimum atomic E-state index is -0.0819. The van der Waals surface area contributed by atoms with E-state index in [1.807, 2.05) is 50.2 Å². The van der Waals surface area contributed by atoms with Crippen LogP contribution in [0.5, 0.6) is 0 Å². The maximum Gasteiger partial charge on any atom is 0.269 e. The predicted octanol–water partition coefficient (Wildman–Crippen LogP) is 3.02. The van der Waals surface area contributed by atoms with Crippen molar-refractivity contribution in [1.29, 1.82) is 0 Å². The Labute approximate surface area is 138 Å². The monoisotopic (exact) mass is 314 g/mol. The highest BCUT2D eigenvalue weighted by atomic mass is 16.2. The first-order chi connectivity index (χ1) is 10.9. The summed E-state index contributed by atoms with van der Waals surface area (Å²) in [5.74, 6) is 0.229. The molecule has 0 aliphatic carbocycles. The van der Waals surface area contributed by atoms with Crippen molar-refractivity contribution < 1.29 is 4.79 Å². The van der Waals surface area contributed by atoms with Crippen molar-refractivity contribution in [2.75, 3.05) is 19.0 Å². The van der Waals surface area contributed by atoms with Gasteiger partial charge in [0.1, 0.15) is 5.69 Å². The van der Waals surface area contributed by atoms with Gasteiger partial charge in [-0.05, 0) is 36.6 Å². The Kier molecular flexibility index (Phi) is 5.42. The molecule has 5 nitrogen and oxygen atoms in total. The number of aryl methyl sites for hydroxylation is 1. The third-order valence-electron chi connectivity index (χ3n) is 3.80. The lowest BCUT2D eigenvalue weighted by atomic mass is 10.1. The molecule has 1 N–H and O–H groups in total. The van der Waals surface area contributed by atoms with Gasteiger partial charge in [0.15, 0.2) is 0 Å². The fourth-order valence-electron chi connectivity index (χ4n) is 2.36. The van der Waals surface area contributed by atoms with E-state index in [0.717, 1.165) is 16.9 Å². The molecule has 0 saturated carbocycles. The van der Waals surface area contributed by atoms with Crippen molar-refractivity contribution in [2.24, 2.45) is 0 Å². The van der Waals surface area contributed by atoms with Crippen LogP contribution >= 0.6 is 0 Å². The number of carbonyl (C=O) groups is 1. The average Bonchev–Trinajstić information content (AvgIpc) is 2.97. The van der Waals surface area contributed by atoms with E-state index in [1.165, 1.54) is 0 Å². The van der Waals surface area contributed by atoms with Gasteiger partial charge in [0.2, 0.25) is 0 Å². The van der Waals surface area contributed by atoms with Crippen LogP contribution in [0.1, 0.15) is 48.4 Å². The Hall–Kier alpha value is -2.30. The molecule has 1 heterocycles. The van der Waals surface area contributed by atoms with E-state index in [-0.39, 0.29) is 5.91 Å². The number of aromatic nitrogens is 2. The first-order valence-corrected chi connectivity index (χ1v) is 8.04. The number of rotatable bonds is 6. The summed E-state index contributed by atoms with van der Waals surface area (Å²) in [7, 11) is 4.01. The molecule has 0 aliphatic heterocycles. The van der Waals surface area contributed by atoms with E-state index >= 15 is 0 Å². The number of anilines is 1. The van der Waals surface area contributed by atoms with Crippen LogP contribution in [0.3, 0.4) is 0 Å². The van der Waals surface area contributed by atoms with Crippen LogP contribution in [-0.2, 0) is 13.1 Å². The number of hydrogen-bond donors (Lipinski definition) is 1. The Morgan fingerprint density at radius 2 is 2.04 bits per heavy atom. The number of benzene rings is 1. The number of carbonyl (C=O) groups excluding carboxylic acids is 1. The summed E-state index contributed by atoms with van der Waals surface area (Å²) in [6.45, 7) is 7.35. The minimum absolute atomic E-state index is 0.0819. The van der Waals surface area contributed by atoms with Gasteiger partial charge >= 0.3 is 0 Å². The second kappa shape index (κ2) is 7.31. The summed E-state index contributed by atoms with van der Waals surface area (Å²) < 4.78 is 1.76. The molecule has 1 aromatic heterocycles. The maximum absolute atomic E-state index is 12.5. The Bertz CT molecular complexity index is 673. The normalized spacial score (nSPS) is 10.9. The van der Waals surface area contributed by atoms with E-state index in [0.29, 0.717) is 24.7 Å². The molecule has 1 amide bonds. The minimum Gasteiger partial charge on any atom is -0.378 e. The fraction of sp³-hybridized carbons (Fsp3) is 0.444. The smallest absolute Gasteiger partial charge is 0.269 e. The van der Waals surface area contributed by atoms with Gasteiger partial charge in [-0.1, -0.05) is 26.0 Å². The van der Waals surface area contributed by atoms with E-state index in [2.05, 4.69) is 30.3 Å². The Morgan fingerprint density at radius 1 is 1.30 bits per heavy atom. The zero-order chi connectivity index (χ0) is 17.0. The quantitative estimate of drug-likeness (QED) is 0.891. The van der Waals surface area contributed by atoms with Gasteiger partial charge in [-0.3, -0.25) is 9.48 Å². The molecule has 0 bridgehead atoms. The average molecular weight is 314 g/mol. The number of nitrogens with one attached hydrogen (secondary N) is 1.